The van der Waals surface area contributed by atoms with Gasteiger partial charge in [0.05, 0.1) is 44.3 Å². The number of fused-ring (bicyclic) bond motifs is 20. The van der Waals surface area contributed by atoms with Crippen LogP contribution in [0.3, 0.4) is 0 Å². The van der Waals surface area contributed by atoms with Crippen LogP contribution < -0.4 is 0 Å². The van der Waals surface area contributed by atoms with Crippen LogP contribution >= 0.6 is 0 Å². The molecule has 0 spiro atoms. The summed E-state index contributed by atoms with van der Waals surface area (Å²) in [4.78, 5) is 11.6. The molecule has 0 unspecified atom stereocenters. The molecule has 0 amide bonds. The molecule has 15 aromatic carbocycles. The first-order valence-electron chi connectivity index (χ1n) is 36.5. The lowest BCUT2D eigenvalue weighted by Gasteiger charge is -2.22. The summed E-state index contributed by atoms with van der Waals surface area (Å²) in [7, 11) is 0. The first kappa shape index (κ1) is 59.0. The fourth-order valence-corrected chi connectivity index (χ4v) is 19.0. The SMILES string of the molecule is CC1(C)c2ccccc2-c2ccc(-c3ccc4c5ccccc5n(-c5ccc6cc(-c7nc(-n8c9ccccc9c9ccc(-c%10ccc%11c(c%10)C(C)(C)c%10ccccc%10-%11)cc98)nc8ccc(-n9c%10ccccc%10c%10ccc(-c%11ccc%12c(c%11)C(C)(C)c%11ccccc%11-%12)cc%109)cc78)ccc6c5)c4c3)cc21. The van der Waals surface area contributed by atoms with Crippen molar-refractivity contribution in [3.05, 3.63) is 343 Å². The Labute approximate surface area is 602 Å². The van der Waals surface area contributed by atoms with Crippen molar-refractivity contribution in [1.29, 1.82) is 0 Å². The van der Waals surface area contributed by atoms with Gasteiger partial charge in [-0.2, -0.15) is 0 Å². The summed E-state index contributed by atoms with van der Waals surface area (Å²) in [6, 6.07) is 116. The molecule has 5 nitrogen and oxygen atoms in total. The summed E-state index contributed by atoms with van der Waals surface area (Å²) in [5.74, 6) is 0.617. The first-order chi connectivity index (χ1) is 50.8. The van der Waals surface area contributed by atoms with Crippen molar-refractivity contribution < 1.29 is 0 Å². The van der Waals surface area contributed by atoms with Crippen LogP contribution in [0.4, 0.5) is 0 Å². The van der Waals surface area contributed by atoms with Gasteiger partial charge in [-0.15, -0.1) is 0 Å². The van der Waals surface area contributed by atoms with Gasteiger partial charge in [0.15, 0.2) is 0 Å². The Kier molecular flexibility index (Phi) is 12.0. The van der Waals surface area contributed by atoms with Gasteiger partial charge < -0.3 is 9.13 Å². The average molecular weight is 1330 g/mol. The van der Waals surface area contributed by atoms with E-state index < -0.39 is 0 Å². The molecule has 3 aliphatic carbocycles. The van der Waals surface area contributed by atoms with E-state index in [1.54, 1.807) is 0 Å². The predicted molar refractivity (Wildman–Crippen MR) is 434 cm³/mol. The van der Waals surface area contributed by atoms with E-state index in [2.05, 4.69) is 365 Å². The Balaban J connectivity index is 0.717. The number of hydrogen-bond acceptors (Lipinski definition) is 2. The zero-order chi connectivity index (χ0) is 69.2. The maximum Gasteiger partial charge on any atom is 0.235 e. The monoisotopic (exact) mass is 1330 g/mol. The Hall–Kier alpha value is -12.7. The van der Waals surface area contributed by atoms with Crippen LogP contribution in [0, 0.1) is 0 Å². The lowest BCUT2D eigenvalue weighted by atomic mass is 9.81. The second kappa shape index (κ2) is 21.2. The van der Waals surface area contributed by atoms with Crippen LogP contribution in [0.2, 0.25) is 0 Å². The van der Waals surface area contributed by atoms with Crippen LogP contribution in [0.15, 0.2) is 309 Å². The van der Waals surface area contributed by atoms with Crippen LogP contribution in [0.5, 0.6) is 0 Å². The standard InChI is InChI=1S/C99H69N5/c1-97(2)82-25-13-7-19-69(82)72-42-34-60(51-85(72)97)63-37-45-78-75-22-10-16-28-89(75)102(92(78)54-63)67-40-33-58-49-66(32-31-59(58)50-67)95-81-57-68(103-90-29-17-11-23-76(90)79-46-38-64(55-93(79)103)61-35-43-73-70-20-8-14-26-83(70)98(3,4)86(73)52-61)41-48-88(81)100-96(101-95)104-91-30-18-12-24-77(91)80-47-39-65(56-94(80)104)62-36-44-74-71-21-9-15-27-84(71)99(5,6)87(74)53-62/h7-57H,1-6H3. The van der Waals surface area contributed by atoms with Gasteiger partial charge in [-0.3, -0.25) is 4.57 Å². The van der Waals surface area contributed by atoms with E-state index in [0.717, 1.165) is 82.7 Å². The van der Waals surface area contributed by atoms with Gasteiger partial charge >= 0.3 is 0 Å². The number of hydrogen-bond donors (Lipinski definition) is 0. The lowest BCUT2D eigenvalue weighted by molar-refractivity contribution is 0.660. The highest BCUT2D eigenvalue weighted by Gasteiger charge is 2.38. The molecule has 0 radical (unpaired) electrons. The van der Waals surface area contributed by atoms with Gasteiger partial charge in [-0.1, -0.05) is 260 Å². The van der Waals surface area contributed by atoms with Gasteiger partial charge in [0.1, 0.15) is 0 Å². The Bertz CT molecular complexity index is 7020. The third kappa shape index (κ3) is 8.26. The smallest absolute Gasteiger partial charge is 0.235 e. The van der Waals surface area contributed by atoms with E-state index in [-0.39, 0.29) is 16.2 Å². The van der Waals surface area contributed by atoms with Crippen molar-refractivity contribution in [2.75, 3.05) is 0 Å². The van der Waals surface area contributed by atoms with Crippen LogP contribution in [0.1, 0.15) is 74.9 Å². The quantitative estimate of drug-likeness (QED) is 0.160. The molecule has 0 aliphatic heterocycles. The van der Waals surface area contributed by atoms with Crippen molar-refractivity contribution >= 4 is 87.1 Å². The van der Waals surface area contributed by atoms with E-state index in [0.29, 0.717) is 5.95 Å². The second-order valence-corrected chi connectivity index (χ2v) is 30.9. The fraction of sp³-hybridized carbons (Fsp3) is 0.0909. The zero-order valence-corrected chi connectivity index (χ0v) is 58.7. The Morgan fingerprint density at radius 2 is 0.558 bits per heavy atom. The van der Waals surface area contributed by atoms with E-state index in [1.165, 1.54) is 127 Å². The van der Waals surface area contributed by atoms with Crippen LogP contribution in [-0.2, 0) is 16.2 Å². The molecular formula is C99H69N5. The summed E-state index contributed by atoms with van der Waals surface area (Å²) >= 11 is 0. The molecule has 0 N–H and O–H groups in total. The number of para-hydroxylation sites is 3. The third-order valence-electron chi connectivity index (χ3n) is 24.3. The van der Waals surface area contributed by atoms with E-state index in [1.807, 2.05) is 0 Å². The molecule has 0 saturated heterocycles. The normalized spacial score (nSPS) is 14.3. The number of rotatable bonds is 7. The van der Waals surface area contributed by atoms with Crippen molar-refractivity contribution in [1.82, 2.24) is 23.7 Å². The van der Waals surface area contributed by atoms with E-state index in [4.69, 9.17) is 9.97 Å². The summed E-state index contributed by atoms with van der Waals surface area (Å²) in [5.41, 5.74) is 34.6. The van der Waals surface area contributed by atoms with Crippen LogP contribution in [-0.4, -0.2) is 23.7 Å². The van der Waals surface area contributed by atoms with Crippen molar-refractivity contribution in [2.24, 2.45) is 0 Å². The minimum absolute atomic E-state index is 0.0971. The largest absolute Gasteiger partial charge is 0.309 e. The van der Waals surface area contributed by atoms with Gasteiger partial charge in [-0.05, 0) is 202 Å². The minimum atomic E-state index is -0.132. The lowest BCUT2D eigenvalue weighted by Crippen LogP contribution is -2.14. The summed E-state index contributed by atoms with van der Waals surface area (Å²) < 4.78 is 7.22. The molecule has 0 atom stereocenters. The molecule has 22 rings (SSSR count). The first-order valence-corrected chi connectivity index (χ1v) is 36.5. The zero-order valence-electron chi connectivity index (χ0n) is 58.7. The van der Waals surface area contributed by atoms with Crippen molar-refractivity contribution in [2.45, 2.75) is 57.8 Å². The molecule has 4 aromatic heterocycles. The van der Waals surface area contributed by atoms with Gasteiger partial charge in [0, 0.05) is 70.9 Å². The molecule has 4 heterocycles. The maximum absolute atomic E-state index is 5.90. The third-order valence-corrected chi connectivity index (χ3v) is 24.3. The average Bonchev–Trinajstić information content (AvgIpc) is 1.69. The Morgan fingerprint density at radius 1 is 0.221 bits per heavy atom. The molecule has 0 saturated carbocycles. The Morgan fingerprint density at radius 3 is 1.03 bits per heavy atom. The highest BCUT2D eigenvalue weighted by Crippen LogP contribution is 2.54. The second-order valence-electron chi connectivity index (χ2n) is 30.9. The van der Waals surface area contributed by atoms with Crippen LogP contribution in [0.25, 0.3) is 182 Å². The molecule has 104 heavy (non-hydrogen) atoms. The highest BCUT2D eigenvalue weighted by molar-refractivity contribution is 6.14. The highest BCUT2D eigenvalue weighted by atomic mass is 15.2. The minimum Gasteiger partial charge on any atom is -0.309 e. The molecular weight excluding hydrogens is 1260 g/mol. The van der Waals surface area contributed by atoms with E-state index in [9.17, 15) is 0 Å². The predicted octanol–water partition coefficient (Wildman–Crippen LogP) is 25.7. The topological polar surface area (TPSA) is 40.6 Å². The molecule has 3 aliphatic rings. The molecule has 0 bridgehead atoms. The molecule has 490 valence electrons. The maximum atomic E-state index is 5.90. The molecule has 19 aromatic rings. The van der Waals surface area contributed by atoms with E-state index >= 15 is 0 Å². The van der Waals surface area contributed by atoms with Gasteiger partial charge in [0.2, 0.25) is 5.95 Å². The molecule has 5 heteroatoms. The summed E-state index contributed by atoms with van der Waals surface area (Å²) in [6.45, 7) is 14.2. The van der Waals surface area contributed by atoms with Gasteiger partial charge in [0.25, 0.3) is 0 Å². The number of benzene rings is 15. The number of nitrogens with zero attached hydrogens (tertiary/aromatic N) is 5. The van der Waals surface area contributed by atoms with Crippen molar-refractivity contribution in [3.8, 4) is 95.3 Å². The molecule has 0 fully saturated rings. The summed E-state index contributed by atoms with van der Waals surface area (Å²) in [5, 5.41) is 10.4. The van der Waals surface area contributed by atoms with Gasteiger partial charge in [-0.25, -0.2) is 9.97 Å². The van der Waals surface area contributed by atoms with Crippen molar-refractivity contribution in [3.63, 3.8) is 0 Å². The number of aromatic nitrogens is 5. The summed E-state index contributed by atoms with van der Waals surface area (Å²) in [6.07, 6.45) is 0. The fourth-order valence-electron chi connectivity index (χ4n) is 19.0.